The van der Waals surface area contributed by atoms with Crippen molar-refractivity contribution >= 4 is 11.6 Å². The highest BCUT2D eigenvalue weighted by Crippen LogP contribution is 2.12. The number of benzene rings is 1. The number of amides is 1. The zero-order chi connectivity index (χ0) is 13.7. The van der Waals surface area contributed by atoms with Crippen molar-refractivity contribution < 1.29 is 4.79 Å². The highest BCUT2D eigenvalue weighted by atomic mass is 16.2. The zero-order valence-electron chi connectivity index (χ0n) is 10.8. The van der Waals surface area contributed by atoms with Gasteiger partial charge < -0.3 is 11.1 Å². The lowest BCUT2D eigenvalue weighted by molar-refractivity contribution is -0.117. The lowest BCUT2D eigenvalue weighted by atomic mass is 10.2. The van der Waals surface area contributed by atoms with Crippen molar-refractivity contribution in [1.29, 1.82) is 0 Å². The fourth-order valence-corrected chi connectivity index (χ4v) is 1.67. The Morgan fingerprint density at radius 3 is 3.05 bits per heavy atom. The fourth-order valence-electron chi connectivity index (χ4n) is 1.67. The van der Waals surface area contributed by atoms with E-state index < -0.39 is 6.04 Å². The standard InChI is InChI=1S/C13H17N5O/c1-2-12(14)13(19)17-11-5-3-4-10(6-11)7-18-9-15-8-16-18/h3-6,8-9,12H,2,7,14H2,1H3,(H,17,19)/t12-/m0/s1. The molecule has 0 aliphatic heterocycles. The first kappa shape index (κ1) is 13.2. The smallest absolute Gasteiger partial charge is 0.241 e. The van der Waals surface area contributed by atoms with E-state index in [9.17, 15) is 4.79 Å². The summed E-state index contributed by atoms with van der Waals surface area (Å²) in [5.74, 6) is -0.166. The number of nitrogens with zero attached hydrogens (tertiary/aromatic N) is 3. The molecule has 0 saturated carbocycles. The summed E-state index contributed by atoms with van der Waals surface area (Å²) in [5, 5.41) is 6.85. The first-order valence-corrected chi connectivity index (χ1v) is 6.17. The number of nitrogens with one attached hydrogen (secondary N) is 1. The molecule has 1 heterocycles. The summed E-state index contributed by atoms with van der Waals surface area (Å²) >= 11 is 0. The monoisotopic (exact) mass is 259 g/mol. The Hall–Kier alpha value is -2.21. The van der Waals surface area contributed by atoms with Gasteiger partial charge in [-0.2, -0.15) is 5.10 Å². The molecule has 6 heteroatoms. The van der Waals surface area contributed by atoms with Gasteiger partial charge in [0.25, 0.3) is 0 Å². The predicted molar refractivity (Wildman–Crippen MR) is 72.5 cm³/mol. The van der Waals surface area contributed by atoms with E-state index in [0.29, 0.717) is 13.0 Å². The lowest BCUT2D eigenvalue weighted by Crippen LogP contribution is -2.34. The van der Waals surface area contributed by atoms with E-state index in [1.807, 2.05) is 31.2 Å². The van der Waals surface area contributed by atoms with Crippen molar-refractivity contribution in [3.63, 3.8) is 0 Å². The van der Waals surface area contributed by atoms with E-state index in [1.54, 1.807) is 11.0 Å². The average molecular weight is 259 g/mol. The van der Waals surface area contributed by atoms with Crippen LogP contribution in [0.1, 0.15) is 18.9 Å². The second-order valence-electron chi connectivity index (χ2n) is 4.30. The number of carbonyl (C=O) groups is 1. The summed E-state index contributed by atoms with van der Waals surface area (Å²) in [6, 6.07) is 7.13. The maximum Gasteiger partial charge on any atom is 0.241 e. The van der Waals surface area contributed by atoms with Crippen molar-refractivity contribution in [2.24, 2.45) is 5.73 Å². The summed E-state index contributed by atoms with van der Waals surface area (Å²) in [7, 11) is 0. The van der Waals surface area contributed by atoms with Crippen molar-refractivity contribution in [2.45, 2.75) is 25.9 Å². The second-order valence-corrected chi connectivity index (χ2v) is 4.30. The van der Waals surface area contributed by atoms with Crippen LogP contribution in [0.2, 0.25) is 0 Å². The Morgan fingerprint density at radius 2 is 2.37 bits per heavy atom. The molecule has 1 aromatic carbocycles. The van der Waals surface area contributed by atoms with Gasteiger partial charge in [0, 0.05) is 5.69 Å². The van der Waals surface area contributed by atoms with Gasteiger partial charge in [0.15, 0.2) is 0 Å². The molecule has 2 rings (SSSR count). The van der Waals surface area contributed by atoms with E-state index >= 15 is 0 Å². The molecule has 0 spiro atoms. The minimum Gasteiger partial charge on any atom is -0.325 e. The normalized spacial score (nSPS) is 12.1. The minimum atomic E-state index is -0.473. The number of aromatic nitrogens is 3. The topological polar surface area (TPSA) is 85.8 Å². The highest BCUT2D eigenvalue weighted by molar-refractivity contribution is 5.94. The van der Waals surface area contributed by atoms with E-state index in [-0.39, 0.29) is 5.91 Å². The Bertz CT molecular complexity index is 538. The molecular weight excluding hydrogens is 242 g/mol. The molecule has 1 amide bonds. The number of hydrogen-bond donors (Lipinski definition) is 2. The molecule has 0 fully saturated rings. The molecule has 0 unspecified atom stereocenters. The van der Waals surface area contributed by atoms with Gasteiger partial charge in [-0.25, -0.2) is 9.67 Å². The van der Waals surface area contributed by atoms with Crippen molar-refractivity contribution in [1.82, 2.24) is 14.8 Å². The largest absolute Gasteiger partial charge is 0.325 e. The third-order valence-corrected chi connectivity index (χ3v) is 2.78. The number of hydrogen-bond acceptors (Lipinski definition) is 4. The molecule has 0 radical (unpaired) electrons. The molecule has 3 N–H and O–H groups in total. The SMILES string of the molecule is CC[C@H](N)C(=O)Nc1cccc(Cn2cncn2)c1. The highest BCUT2D eigenvalue weighted by Gasteiger charge is 2.10. The third-order valence-electron chi connectivity index (χ3n) is 2.78. The Morgan fingerprint density at radius 1 is 1.53 bits per heavy atom. The molecule has 0 bridgehead atoms. The van der Waals surface area contributed by atoms with Crippen molar-refractivity contribution in [3.8, 4) is 0 Å². The summed E-state index contributed by atoms with van der Waals surface area (Å²) < 4.78 is 1.72. The van der Waals surface area contributed by atoms with Crippen LogP contribution in [0.25, 0.3) is 0 Å². The quantitative estimate of drug-likeness (QED) is 0.838. The number of anilines is 1. The van der Waals surface area contributed by atoms with Gasteiger partial charge in [0.05, 0.1) is 12.6 Å². The van der Waals surface area contributed by atoms with Crippen LogP contribution in [0.15, 0.2) is 36.9 Å². The van der Waals surface area contributed by atoms with Crippen LogP contribution in [0.3, 0.4) is 0 Å². The average Bonchev–Trinajstić information content (AvgIpc) is 2.91. The maximum atomic E-state index is 11.7. The molecule has 6 nitrogen and oxygen atoms in total. The van der Waals surface area contributed by atoms with E-state index in [4.69, 9.17) is 5.73 Å². The van der Waals surface area contributed by atoms with Crippen LogP contribution < -0.4 is 11.1 Å². The summed E-state index contributed by atoms with van der Waals surface area (Å²) in [6.07, 6.45) is 3.76. The summed E-state index contributed by atoms with van der Waals surface area (Å²) in [5.41, 5.74) is 7.46. The van der Waals surface area contributed by atoms with Crippen LogP contribution >= 0.6 is 0 Å². The van der Waals surface area contributed by atoms with Gasteiger partial charge in [0.1, 0.15) is 12.7 Å². The van der Waals surface area contributed by atoms with Crippen LogP contribution in [0.5, 0.6) is 0 Å². The number of carbonyl (C=O) groups excluding carboxylic acids is 1. The van der Waals surface area contributed by atoms with Crippen molar-refractivity contribution in [3.05, 3.63) is 42.5 Å². The number of rotatable bonds is 5. The molecule has 19 heavy (non-hydrogen) atoms. The molecule has 1 atom stereocenters. The van der Waals surface area contributed by atoms with E-state index in [2.05, 4.69) is 15.4 Å². The van der Waals surface area contributed by atoms with E-state index in [1.165, 1.54) is 6.33 Å². The maximum absolute atomic E-state index is 11.7. The summed E-state index contributed by atoms with van der Waals surface area (Å²) in [4.78, 5) is 15.6. The van der Waals surface area contributed by atoms with Gasteiger partial charge in [-0.3, -0.25) is 4.79 Å². The molecule has 1 aromatic heterocycles. The van der Waals surface area contributed by atoms with Gasteiger partial charge in [-0.1, -0.05) is 19.1 Å². The molecule has 0 aliphatic carbocycles. The Labute approximate surface area is 111 Å². The summed E-state index contributed by atoms with van der Waals surface area (Å²) in [6.45, 7) is 2.49. The van der Waals surface area contributed by atoms with Crippen LogP contribution in [0.4, 0.5) is 5.69 Å². The Kier molecular flexibility index (Phi) is 4.25. The number of nitrogens with two attached hydrogens (primary N) is 1. The first-order valence-electron chi connectivity index (χ1n) is 6.17. The minimum absolute atomic E-state index is 0.166. The van der Waals surface area contributed by atoms with Gasteiger partial charge in [-0.05, 0) is 24.1 Å². The van der Waals surface area contributed by atoms with Crippen LogP contribution in [-0.4, -0.2) is 26.7 Å². The van der Waals surface area contributed by atoms with Crippen LogP contribution in [0, 0.1) is 0 Å². The molecule has 100 valence electrons. The van der Waals surface area contributed by atoms with Crippen LogP contribution in [-0.2, 0) is 11.3 Å². The molecule has 0 saturated heterocycles. The first-order chi connectivity index (χ1) is 9.19. The predicted octanol–water partition coefficient (Wildman–Crippen LogP) is 1.00. The molecule has 0 aliphatic rings. The third kappa shape index (κ3) is 3.62. The fraction of sp³-hybridized carbons (Fsp3) is 0.308. The molecule has 2 aromatic rings. The second kappa shape index (κ2) is 6.10. The van der Waals surface area contributed by atoms with Crippen molar-refractivity contribution in [2.75, 3.05) is 5.32 Å². The Balaban J connectivity index is 2.05. The van der Waals surface area contributed by atoms with Gasteiger partial charge in [0.2, 0.25) is 5.91 Å². The zero-order valence-corrected chi connectivity index (χ0v) is 10.8. The van der Waals surface area contributed by atoms with E-state index in [0.717, 1.165) is 11.3 Å². The van der Waals surface area contributed by atoms with Gasteiger partial charge >= 0.3 is 0 Å². The van der Waals surface area contributed by atoms with Gasteiger partial charge in [-0.15, -0.1) is 0 Å². The lowest BCUT2D eigenvalue weighted by Gasteiger charge is -2.11. The molecular formula is C13H17N5O.